The van der Waals surface area contributed by atoms with E-state index in [0.717, 1.165) is 18.6 Å². The molecule has 1 rings (SSSR count). The molecular weight excluding hydrogens is 257 g/mol. The van der Waals surface area contributed by atoms with Gasteiger partial charge in [0.2, 0.25) is 0 Å². The van der Waals surface area contributed by atoms with Crippen molar-refractivity contribution >= 4 is 0 Å². The molecule has 0 amide bonds. The van der Waals surface area contributed by atoms with Crippen molar-refractivity contribution in [2.24, 2.45) is 0 Å². The molecule has 0 bridgehead atoms. The van der Waals surface area contributed by atoms with Gasteiger partial charge in [-0.2, -0.15) is 13.2 Å². The first-order valence-electron chi connectivity index (χ1n) is 6.15. The molecule has 2 nitrogen and oxygen atoms in total. The lowest BCUT2D eigenvalue weighted by Gasteiger charge is -2.25. The minimum absolute atomic E-state index is 0.0256. The van der Waals surface area contributed by atoms with E-state index in [-0.39, 0.29) is 12.2 Å². The van der Waals surface area contributed by atoms with Crippen molar-refractivity contribution in [2.75, 3.05) is 6.61 Å². The maximum absolute atomic E-state index is 12.5. The first kappa shape index (κ1) is 16.0. The van der Waals surface area contributed by atoms with E-state index in [1.807, 2.05) is 20.8 Å². The third-order valence-corrected chi connectivity index (χ3v) is 3.08. The Morgan fingerprint density at radius 1 is 1.26 bits per heavy atom. The topological polar surface area (TPSA) is 29.5 Å². The first-order chi connectivity index (χ1) is 8.65. The van der Waals surface area contributed by atoms with E-state index in [4.69, 9.17) is 4.74 Å². The quantitative estimate of drug-likeness (QED) is 0.882. The van der Waals surface area contributed by atoms with Crippen LogP contribution in [0.2, 0.25) is 0 Å². The number of halogens is 3. The number of hydrogen-bond acceptors (Lipinski definition) is 2. The van der Waals surface area contributed by atoms with Gasteiger partial charge in [0, 0.05) is 0 Å². The zero-order chi connectivity index (χ0) is 14.7. The average molecular weight is 276 g/mol. The van der Waals surface area contributed by atoms with Crippen molar-refractivity contribution in [3.63, 3.8) is 0 Å². The molecule has 5 heteroatoms. The van der Waals surface area contributed by atoms with E-state index in [9.17, 15) is 18.3 Å². The summed E-state index contributed by atoms with van der Waals surface area (Å²) < 4.78 is 43.1. The summed E-state index contributed by atoms with van der Waals surface area (Å²) in [7, 11) is 0. The lowest BCUT2D eigenvalue weighted by molar-refractivity contribution is -0.137. The van der Waals surface area contributed by atoms with Crippen molar-refractivity contribution in [2.45, 2.75) is 45.1 Å². The van der Waals surface area contributed by atoms with Crippen LogP contribution in [0, 0.1) is 0 Å². The molecule has 0 saturated heterocycles. The first-order valence-corrected chi connectivity index (χ1v) is 6.15. The average Bonchev–Trinajstić information content (AvgIpc) is 2.35. The number of alkyl halides is 3. The second kappa shape index (κ2) is 5.92. The van der Waals surface area contributed by atoms with Gasteiger partial charge in [0.05, 0.1) is 17.8 Å². The SMILES string of the molecule is CCC(C)(C)OCC(O)c1cccc(C(F)(F)F)c1. The summed E-state index contributed by atoms with van der Waals surface area (Å²) in [4.78, 5) is 0. The molecule has 0 spiro atoms. The van der Waals surface area contributed by atoms with E-state index in [1.165, 1.54) is 12.1 Å². The van der Waals surface area contributed by atoms with E-state index < -0.39 is 23.4 Å². The molecule has 1 atom stereocenters. The Hall–Kier alpha value is -1.07. The molecule has 1 aromatic rings. The maximum Gasteiger partial charge on any atom is 0.416 e. The van der Waals surface area contributed by atoms with E-state index in [0.29, 0.717) is 0 Å². The second-order valence-corrected chi connectivity index (χ2v) is 5.06. The number of benzene rings is 1. The molecule has 0 fully saturated rings. The number of aliphatic hydroxyl groups is 1. The van der Waals surface area contributed by atoms with Crippen LogP contribution in [-0.2, 0) is 10.9 Å². The van der Waals surface area contributed by atoms with Crippen LogP contribution in [0.15, 0.2) is 24.3 Å². The highest BCUT2D eigenvalue weighted by atomic mass is 19.4. The van der Waals surface area contributed by atoms with Crippen molar-refractivity contribution in [3.05, 3.63) is 35.4 Å². The highest BCUT2D eigenvalue weighted by molar-refractivity contribution is 5.27. The van der Waals surface area contributed by atoms with Gasteiger partial charge in [-0.05, 0) is 38.0 Å². The van der Waals surface area contributed by atoms with Gasteiger partial charge in [-0.25, -0.2) is 0 Å². The fraction of sp³-hybridized carbons (Fsp3) is 0.571. The van der Waals surface area contributed by atoms with Crippen LogP contribution in [0.4, 0.5) is 13.2 Å². The summed E-state index contributed by atoms with van der Waals surface area (Å²) in [6, 6.07) is 4.68. The molecule has 108 valence electrons. The van der Waals surface area contributed by atoms with Crippen LogP contribution in [0.3, 0.4) is 0 Å². The van der Waals surface area contributed by atoms with Crippen LogP contribution >= 0.6 is 0 Å². The zero-order valence-corrected chi connectivity index (χ0v) is 11.3. The van der Waals surface area contributed by atoms with Gasteiger partial charge >= 0.3 is 6.18 Å². The highest BCUT2D eigenvalue weighted by Gasteiger charge is 2.31. The molecule has 0 aliphatic carbocycles. The lowest BCUT2D eigenvalue weighted by atomic mass is 10.0. The summed E-state index contributed by atoms with van der Waals surface area (Å²) in [5.41, 5.74) is -0.955. The molecule has 1 aromatic carbocycles. The van der Waals surface area contributed by atoms with Crippen molar-refractivity contribution < 1.29 is 23.0 Å². The smallest absolute Gasteiger partial charge is 0.386 e. The predicted octanol–water partition coefficient (Wildman–Crippen LogP) is 3.94. The number of ether oxygens (including phenoxy) is 1. The van der Waals surface area contributed by atoms with E-state index >= 15 is 0 Å². The standard InChI is InChI=1S/C14H19F3O2/c1-4-13(2,3)19-9-12(18)10-6-5-7-11(8-10)14(15,16)17/h5-8,12,18H,4,9H2,1-3H3. The Morgan fingerprint density at radius 2 is 1.89 bits per heavy atom. The molecule has 0 saturated carbocycles. The Bertz CT molecular complexity index is 413. The van der Waals surface area contributed by atoms with Crippen molar-refractivity contribution in [1.82, 2.24) is 0 Å². The second-order valence-electron chi connectivity index (χ2n) is 5.06. The van der Waals surface area contributed by atoms with Crippen molar-refractivity contribution in [3.8, 4) is 0 Å². The lowest BCUT2D eigenvalue weighted by Crippen LogP contribution is -2.26. The molecule has 0 heterocycles. The minimum Gasteiger partial charge on any atom is -0.386 e. The Labute approximate surface area is 111 Å². The fourth-order valence-corrected chi connectivity index (χ4v) is 1.43. The van der Waals surface area contributed by atoms with E-state index in [1.54, 1.807) is 0 Å². The van der Waals surface area contributed by atoms with Crippen molar-refractivity contribution in [1.29, 1.82) is 0 Å². The summed E-state index contributed by atoms with van der Waals surface area (Å²) in [5, 5.41) is 9.88. The largest absolute Gasteiger partial charge is 0.416 e. The fourth-order valence-electron chi connectivity index (χ4n) is 1.43. The van der Waals surface area contributed by atoms with Gasteiger partial charge in [0.15, 0.2) is 0 Å². The Morgan fingerprint density at radius 3 is 2.42 bits per heavy atom. The van der Waals surface area contributed by atoms with Crippen LogP contribution in [0.1, 0.15) is 44.4 Å². The van der Waals surface area contributed by atoms with Gasteiger partial charge in [-0.15, -0.1) is 0 Å². The Kier molecular flexibility index (Phi) is 4.98. The summed E-state index contributed by atoms with van der Waals surface area (Å²) in [6.45, 7) is 5.65. The monoisotopic (exact) mass is 276 g/mol. The summed E-state index contributed by atoms with van der Waals surface area (Å²) in [6.07, 6.45) is -4.71. The van der Waals surface area contributed by atoms with E-state index in [2.05, 4.69) is 0 Å². The third kappa shape index (κ3) is 4.84. The number of aliphatic hydroxyl groups excluding tert-OH is 1. The van der Waals surface area contributed by atoms with Crippen LogP contribution in [-0.4, -0.2) is 17.3 Å². The molecule has 0 aliphatic heterocycles. The van der Waals surface area contributed by atoms with Crippen LogP contribution < -0.4 is 0 Å². The number of hydrogen-bond donors (Lipinski definition) is 1. The molecule has 0 aromatic heterocycles. The van der Waals surface area contributed by atoms with Gasteiger partial charge in [-0.3, -0.25) is 0 Å². The van der Waals surface area contributed by atoms with Gasteiger partial charge in [0.1, 0.15) is 6.10 Å². The summed E-state index contributed by atoms with van der Waals surface area (Å²) in [5.74, 6) is 0. The highest BCUT2D eigenvalue weighted by Crippen LogP contribution is 2.31. The normalized spacial score (nSPS) is 14.5. The molecule has 1 N–H and O–H groups in total. The van der Waals surface area contributed by atoms with Gasteiger partial charge in [0.25, 0.3) is 0 Å². The van der Waals surface area contributed by atoms with Gasteiger partial charge in [-0.1, -0.05) is 19.1 Å². The Balaban J connectivity index is 2.75. The molecular formula is C14H19F3O2. The van der Waals surface area contributed by atoms with Crippen LogP contribution in [0.5, 0.6) is 0 Å². The predicted molar refractivity (Wildman–Crippen MR) is 66.7 cm³/mol. The molecule has 19 heavy (non-hydrogen) atoms. The third-order valence-electron chi connectivity index (χ3n) is 3.08. The molecule has 1 unspecified atom stereocenters. The molecule has 0 aliphatic rings. The number of rotatable bonds is 5. The minimum atomic E-state index is -4.40. The van der Waals surface area contributed by atoms with Crippen LogP contribution in [0.25, 0.3) is 0 Å². The molecule has 0 radical (unpaired) electrons. The zero-order valence-electron chi connectivity index (χ0n) is 11.3. The maximum atomic E-state index is 12.5. The summed E-state index contributed by atoms with van der Waals surface area (Å²) >= 11 is 0. The van der Waals surface area contributed by atoms with Gasteiger partial charge < -0.3 is 9.84 Å².